The second-order valence-corrected chi connectivity index (χ2v) is 6.26. The number of carbonyl (C=O) groups is 1. The van der Waals surface area contributed by atoms with Crippen molar-refractivity contribution in [2.24, 2.45) is 16.8 Å². The molecule has 0 aromatic heterocycles. The van der Waals surface area contributed by atoms with Gasteiger partial charge < -0.3 is 19.7 Å². The molecule has 2 atom stereocenters. The summed E-state index contributed by atoms with van der Waals surface area (Å²) in [6, 6.07) is 9.79. The van der Waals surface area contributed by atoms with Crippen molar-refractivity contribution in [2.45, 2.75) is 20.3 Å². The lowest BCUT2D eigenvalue weighted by molar-refractivity contribution is -0.145. The predicted octanol–water partition coefficient (Wildman–Crippen LogP) is 2.78. The fourth-order valence-corrected chi connectivity index (χ4v) is 2.98. The van der Waals surface area contributed by atoms with Crippen LogP contribution in [0.5, 0.6) is 5.75 Å². The topological polar surface area (TPSA) is 63.2 Å². The normalized spacial score (nSPS) is 19.7. The van der Waals surface area contributed by atoms with Gasteiger partial charge in [-0.15, -0.1) is 24.0 Å². The quantitative estimate of drug-likeness (QED) is 0.216. The molecule has 26 heavy (non-hydrogen) atoms. The molecule has 0 amide bonds. The summed E-state index contributed by atoms with van der Waals surface area (Å²) in [5.74, 6) is 1.78. The molecule has 1 aromatic rings. The molecule has 1 aromatic carbocycles. The maximum absolute atomic E-state index is 11.9. The highest BCUT2D eigenvalue weighted by molar-refractivity contribution is 14.0. The summed E-state index contributed by atoms with van der Waals surface area (Å²) in [5, 5.41) is 3.31. The van der Waals surface area contributed by atoms with E-state index in [2.05, 4.69) is 22.1 Å². The zero-order chi connectivity index (χ0) is 18.1. The van der Waals surface area contributed by atoms with Crippen LogP contribution in [0.25, 0.3) is 0 Å². The minimum absolute atomic E-state index is 0. The molecule has 0 aliphatic carbocycles. The van der Waals surface area contributed by atoms with Crippen LogP contribution in [0.15, 0.2) is 35.3 Å². The van der Waals surface area contributed by atoms with Gasteiger partial charge in [-0.1, -0.05) is 25.1 Å². The first kappa shape index (κ1) is 22.5. The Labute approximate surface area is 173 Å². The molecular weight excluding hydrogens is 445 g/mol. The molecule has 2 unspecified atom stereocenters. The van der Waals surface area contributed by atoms with Gasteiger partial charge in [0, 0.05) is 32.6 Å². The summed E-state index contributed by atoms with van der Waals surface area (Å²) < 4.78 is 10.6. The summed E-state index contributed by atoms with van der Waals surface area (Å²) >= 11 is 0. The second-order valence-electron chi connectivity index (χ2n) is 6.26. The van der Waals surface area contributed by atoms with Gasteiger partial charge in [0.1, 0.15) is 5.75 Å². The smallest absolute Gasteiger partial charge is 0.310 e. The van der Waals surface area contributed by atoms with Crippen LogP contribution < -0.4 is 10.1 Å². The van der Waals surface area contributed by atoms with Gasteiger partial charge >= 0.3 is 5.97 Å². The van der Waals surface area contributed by atoms with Gasteiger partial charge in [0.15, 0.2) is 5.96 Å². The van der Waals surface area contributed by atoms with E-state index in [1.54, 1.807) is 0 Å². The largest absolute Gasteiger partial charge is 0.494 e. The number of carbonyl (C=O) groups excluding carboxylic acids is 1. The molecule has 6 nitrogen and oxygen atoms in total. The van der Waals surface area contributed by atoms with Crippen molar-refractivity contribution in [1.29, 1.82) is 0 Å². The van der Waals surface area contributed by atoms with E-state index in [0.717, 1.165) is 31.2 Å². The number of benzene rings is 1. The highest BCUT2D eigenvalue weighted by Gasteiger charge is 2.36. The monoisotopic (exact) mass is 475 g/mol. The Bertz CT molecular complexity index is 568. The predicted molar refractivity (Wildman–Crippen MR) is 114 cm³/mol. The molecule has 2 rings (SSSR count). The molecule has 1 heterocycles. The van der Waals surface area contributed by atoms with E-state index in [4.69, 9.17) is 9.47 Å². The van der Waals surface area contributed by atoms with Gasteiger partial charge in [-0.05, 0) is 25.0 Å². The Balaban J connectivity index is 0.00000338. The number of nitrogens with one attached hydrogen (secondary N) is 1. The van der Waals surface area contributed by atoms with Crippen LogP contribution >= 0.6 is 24.0 Å². The summed E-state index contributed by atoms with van der Waals surface area (Å²) in [7, 11) is 1.45. The van der Waals surface area contributed by atoms with Gasteiger partial charge in [-0.25, -0.2) is 0 Å². The third-order valence-corrected chi connectivity index (χ3v) is 4.33. The van der Waals surface area contributed by atoms with Crippen LogP contribution in [0, 0.1) is 11.8 Å². The Kier molecular flexibility index (Phi) is 10.4. The number of para-hydroxylation sites is 1. The number of hydrogen-bond acceptors (Lipinski definition) is 4. The van der Waals surface area contributed by atoms with Crippen LogP contribution in [-0.4, -0.2) is 56.7 Å². The van der Waals surface area contributed by atoms with Crippen molar-refractivity contribution >= 4 is 35.9 Å². The third kappa shape index (κ3) is 6.66. The zero-order valence-corrected chi connectivity index (χ0v) is 18.1. The highest BCUT2D eigenvalue weighted by atomic mass is 127. The minimum Gasteiger partial charge on any atom is -0.494 e. The number of ether oxygens (including phenoxy) is 2. The van der Waals surface area contributed by atoms with E-state index < -0.39 is 0 Å². The van der Waals surface area contributed by atoms with Crippen LogP contribution in [0.2, 0.25) is 0 Å². The minimum atomic E-state index is -0.137. The lowest BCUT2D eigenvalue weighted by atomic mass is 9.99. The van der Waals surface area contributed by atoms with Crippen molar-refractivity contribution in [3.63, 3.8) is 0 Å². The van der Waals surface area contributed by atoms with Crippen LogP contribution in [0.1, 0.15) is 20.3 Å². The lowest BCUT2D eigenvalue weighted by Crippen LogP contribution is -2.40. The summed E-state index contributed by atoms with van der Waals surface area (Å²) in [6.45, 7) is 7.71. The van der Waals surface area contributed by atoms with Crippen molar-refractivity contribution in [1.82, 2.24) is 10.2 Å². The Morgan fingerprint density at radius 3 is 2.69 bits per heavy atom. The Hall–Kier alpha value is -1.51. The number of likely N-dealkylation sites (tertiary alicyclic amines) is 1. The third-order valence-electron chi connectivity index (χ3n) is 4.33. The first-order valence-corrected chi connectivity index (χ1v) is 8.94. The van der Waals surface area contributed by atoms with Crippen molar-refractivity contribution in [3.05, 3.63) is 30.3 Å². The van der Waals surface area contributed by atoms with Crippen molar-refractivity contribution in [3.8, 4) is 5.75 Å². The van der Waals surface area contributed by atoms with Crippen molar-refractivity contribution in [2.75, 3.05) is 39.9 Å². The maximum atomic E-state index is 11.9. The van der Waals surface area contributed by atoms with E-state index in [9.17, 15) is 4.79 Å². The number of rotatable bonds is 7. The van der Waals surface area contributed by atoms with E-state index >= 15 is 0 Å². The van der Waals surface area contributed by atoms with E-state index in [-0.39, 0.29) is 41.8 Å². The molecule has 1 saturated heterocycles. The number of esters is 1. The number of guanidine groups is 1. The second kappa shape index (κ2) is 12.0. The van der Waals surface area contributed by atoms with Crippen molar-refractivity contribution < 1.29 is 14.3 Å². The summed E-state index contributed by atoms with van der Waals surface area (Å²) in [6.07, 6.45) is 0.841. The first-order chi connectivity index (χ1) is 12.2. The van der Waals surface area contributed by atoms with Crippen LogP contribution in [-0.2, 0) is 9.53 Å². The molecule has 7 heteroatoms. The number of aliphatic imine (C=N–C) groups is 1. The lowest BCUT2D eigenvalue weighted by Gasteiger charge is -2.21. The first-order valence-electron chi connectivity index (χ1n) is 8.94. The van der Waals surface area contributed by atoms with Gasteiger partial charge in [0.25, 0.3) is 0 Å². The van der Waals surface area contributed by atoms with Crippen LogP contribution in [0.3, 0.4) is 0 Å². The van der Waals surface area contributed by atoms with E-state index in [1.807, 2.05) is 37.3 Å². The number of nitrogens with zero attached hydrogens (tertiary/aromatic N) is 2. The Morgan fingerprint density at radius 2 is 2.04 bits per heavy atom. The fourth-order valence-electron chi connectivity index (χ4n) is 2.98. The molecule has 146 valence electrons. The SMILES string of the molecule is CCNC(=NCCCOc1ccccc1)N1CC(C)C(C(=O)OC)C1.I. The number of halogens is 1. The standard InChI is InChI=1S/C19H29N3O3.HI/c1-4-20-19(22-13-15(2)17(14-22)18(23)24-3)21-11-8-12-25-16-9-6-5-7-10-16;/h5-7,9-10,15,17H,4,8,11-14H2,1-3H3,(H,20,21);1H. The van der Waals surface area contributed by atoms with E-state index in [1.165, 1.54) is 7.11 Å². The molecule has 0 radical (unpaired) electrons. The van der Waals surface area contributed by atoms with Gasteiger partial charge in [0.05, 0.1) is 19.6 Å². The van der Waals surface area contributed by atoms with Gasteiger partial charge in [0.2, 0.25) is 0 Å². The fraction of sp³-hybridized carbons (Fsp3) is 0.579. The Morgan fingerprint density at radius 1 is 1.31 bits per heavy atom. The summed E-state index contributed by atoms with van der Waals surface area (Å²) in [4.78, 5) is 18.7. The number of methoxy groups -OCH3 is 1. The summed E-state index contributed by atoms with van der Waals surface area (Å²) in [5.41, 5.74) is 0. The van der Waals surface area contributed by atoms with Gasteiger partial charge in [-0.3, -0.25) is 9.79 Å². The molecular formula is C19H30IN3O3. The maximum Gasteiger partial charge on any atom is 0.310 e. The van der Waals surface area contributed by atoms with Gasteiger partial charge in [-0.2, -0.15) is 0 Å². The molecule has 1 aliphatic heterocycles. The van der Waals surface area contributed by atoms with E-state index in [0.29, 0.717) is 19.7 Å². The van der Waals surface area contributed by atoms with Crippen LogP contribution in [0.4, 0.5) is 0 Å². The molecule has 0 saturated carbocycles. The molecule has 1 N–H and O–H groups in total. The average Bonchev–Trinajstić information content (AvgIpc) is 3.02. The molecule has 1 fully saturated rings. The zero-order valence-electron chi connectivity index (χ0n) is 15.8. The average molecular weight is 475 g/mol. The molecule has 0 spiro atoms. The number of hydrogen-bond donors (Lipinski definition) is 1. The highest BCUT2D eigenvalue weighted by Crippen LogP contribution is 2.24. The molecule has 1 aliphatic rings. The molecule has 0 bridgehead atoms.